The van der Waals surface area contributed by atoms with Crippen LogP contribution in [0.5, 0.6) is 0 Å². The Kier molecular flexibility index (Phi) is 17.7. The summed E-state index contributed by atoms with van der Waals surface area (Å²) in [5, 5.41) is 19.2. The summed E-state index contributed by atoms with van der Waals surface area (Å²) in [5.74, 6) is -3.67. The van der Waals surface area contributed by atoms with Gasteiger partial charge in [-0.15, -0.1) is 0 Å². The van der Waals surface area contributed by atoms with Gasteiger partial charge in [0.05, 0.1) is 78.6 Å². The second-order valence-corrected chi connectivity index (χ2v) is 17.0. The smallest absolute Gasteiger partial charge is 0.311 e. The number of carbonyl (C=O) groups excluding carboxylic acids is 3. The van der Waals surface area contributed by atoms with E-state index in [0.29, 0.717) is 51.4 Å². The Morgan fingerprint density at radius 3 is 1.22 bits per heavy atom. The van der Waals surface area contributed by atoms with Gasteiger partial charge in [-0.3, -0.25) is 19.2 Å². The lowest BCUT2D eigenvalue weighted by molar-refractivity contribution is -0.161. The molecule has 16 unspecified atom stereocenters. The third-order valence-corrected chi connectivity index (χ3v) is 12.4. The molecule has 0 aromatic heterocycles. The second kappa shape index (κ2) is 21.4. The maximum Gasteiger partial charge on any atom is 0.311 e. The largest absolute Gasteiger partial charge is 0.481 e. The first-order valence-electron chi connectivity index (χ1n) is 21.2. The summed E-state index contributed by atoms with van der Waals surface area (Å²) in [6.45, 7) is 14.8. The first-order chi connectivity index (χ1) is 26.1. The van der Waals surface area contributed by atoms with Crippen LogP contribution in [-0.2, 0) is 52.3 Å². The molecule has 4 aliphatic rings. The van der Waals surface area contributed by atoms with Crippen molar-refractivity contribution in [3.8, 4) is 0 Å². The molecule has 4 aliphatic heterocycles. The fourth-order valence-corrected chi connectivity index (χ4v) is 8.49. The van der Waals surface area contributed by atoms with E-state index in [1.165, 1.54) is 0 Å². The number of carbonyl (C=O) groups is 4. The molecule has 0 aromatic rings. The minimum absolute atomic E-state index is 0.0277. The minimum atomic E-state index is -0.872. The standard InChI is InChI=1S/C42H70O13/c1-9-29(43)21-33-13-17-38(53-33)28(8)42(48)55-30(10-2)22-34-14-18-37(54-34)27(7)41(47)50-24(4)20-32-12-16-36(52-32)26(6)40(46)49-23(3)19-31-11-15-35(51-31)25(5)39(44)45/h23-38,43H,9-22H2,1-8H3,(H,44,45). The van der Waals surface area contributed by atoms with Gasteiger partial charge in [0.1, 0.15) is 18.3 Å². The van der Waals surface area contributed by atoms with E-state index in [1.807, 2.05) is 48.5 Å². The molecule has 55 heavy (non-hydrogen) atoms. The number of esters is 3. The summed E-state index contributed by atoms with van der Waals surface area (Å²) < 4.78 is 42.1. The Balaban J connectivity index is 1.12. The Hall–Kier alpha value is -2.32. The maximum absolute atomic E-state index is 13.2. The maximum atomic E-state index is 13.2. The normalized spacial score (nSPS) is 32.5. The van der Waals surface area contributed by atoms with E-state index in [2.05, 4.69) is 0 Å². The Bertz CT molecular complexity index is 1240. The summed E-state index contributed by atoms with van der Waals surface area (Å²) >= 11 is 0. The van der Waals surface area contributed by atoms with Crippen molar-refractivity contribution in [2.45, 2.75) is 219 Å². The van der Waals surface area contributed by atoms with E-state index in [0.717, 1.165) is 38.5 Å². The van der Waals surface area contributed by atoms with Crippen LogP contribution in [0, 0.1) is 23.7 Å². The summed E-state index contributed by atoms with van der Waals surface area (Å²) in [4.78, 5) is 50.5. The monoisotopic (exact) mass is 782 g/mol. The van der Waals surface area contributed by atoms with Gasteiger partial charge in [-0.1, -0.05) is 13.8 Å². The van der Waals surface area contributed by atoms with E-state index < -0.39 is 29.6 Å². The molecule has 13 nitrogen and oxygen atoms in total. The highest BCUT2D eigenvalue weighted by Crippen LogP contribution is 2.34. The highest BCUT2D eigenvalue weighted by molar-refractivity contribution is 5.74. The van der Waals surface area contributed by atoms with Gasteiger partial charge in [0.15, 0.2) is 0 Å². The zero-order valence-electron chi connectivity index (χ0n) is 34.5. The van der Waals surface area contributed by atoms with Crippen LogP contribution >= 0.6 is 0 Å². The van der Waals surface area contributed by atoms with Crippen molar-refractivity contribution in [1.29, 1.82) is 0 Å². The van der Waals surface area contributed by atoms with E-state index in [1.54, 1.807) is 6.92 Å². The van der Waals surface area contributed by atoms with Crippen molar-refractivity contribution in [2.24, 2.45) is 23.7 Å². The fourth-order valence-electron chi connectivity index (χ4n) is 8.49. The van der Waals surface area contributed by atoms with Crippen LogP contribution in [0.15, 0.2) is 0 Å². The molecule has 4 rings (SSSR count). The molecule has 0 bridgehead atoms. The number of aliphatic hydroxyl groups is 1. The molecule has 2 N–H and O–H groups in total. The number of ether oxygens (including phenoxy) is 7. The van der Waals surface area contributed by atoms with Gasteiger partial charge >= 0.3 is 23.9 Å². The highest BCUT2D eigenvalue weighted by Gasteiger charge is 2.40. The molecular formula is C42H70O13. The van der Waals surface area contributed by atoms with Crippen LogP contribution in [0.4, 0.5) is 0 Å². The van der Waals surface area contributed by atoms with Gasteiger partial charge in [-0.25, -0.2) is 0 Å². The minimum Gasteiger partial charge on any atom is -0.481 e. The van der Waals surface area contributed by atoms with Gasteiger partial charge < -0.3 is 43.4 Å². The van der Waals surface area contributed by atoms with Gasteiger partial charge in [-0.05, 0) is 112 Å². The first-order valence-corrected chi connectivity index (χ1v) is 21.2. The van der Waals surface area contributed by atoms with Crippen molar-refractivity contribution in [3.63, 3.8) is 0 Å². The fraction of sp³-hybridized carbons (Fsp3) is 0.905. The third-order valence-electron chi connectivity index (χ3n) is 12.4. The summed E-state index contributed by atoms with van der Waals surface area (Å²) in [6, 6.07) is 0. The van der Waals surface area contributed by atoms with Crippen LogP contribution in [0.2, 0.25) is 0 Å². The predicted molar refractivity (Wildman–Crippen MR) is 202 cm³/mol. The molecule has 4 fully saturated rings. The number of hydrogen-bond acceptors (Lipinski definition) is 12. The molecule has 316 valence electrons. The SMILES string of the molecule is CCC(O)CC1CCC(C(C)C(=O)OC(CC)CC2CCC(C(C)C(=O)OC(C)CC3CCC(C(C)C(=O)OC(C)CC4CCC(C(C)C(=O)O)O4)O3)O2)O1. The van der Waals surface area contributed by atoms with Crippen LogP contribution in [0.25, 0.3) is 0 Å². The summed E-state index contributed by atoms with van der Waals surface area (Å²) in [5.41, 5.74) is 0. The first kappa shape index (κ1) is 45.4. The number of carboxylic acids is 1. The van der Waals surface area contributed by atoms with Gasteiger partial charge in [0.25, 0.3) is 0 Å². The number of rotatable bonds is 21. The summed E-state index contributed by atoms with van der Waals surface area (Å²) in [7, 11) is 0. The van der Waals surface area contributed by atoms with Crippen LogP contribution in [0.3, 0.4) is 0 Å². The highest BCUT2D eigenvalue weighted by atomic mass is 16.6. The average Bonchev–Trinajstić information content (AvgIpc) is 3.98. The summed E-state index contributed by atoms with van der Waals surface area (Å²) in [6.07, 6.45) is 6.55. The van der Waals surface area contributed by atoms with Crippen molar-refractivity contribution in [3.05, 3.63) is 0 Å². The lowest BCUT2D eigenvalue weighted by Crippen LogP contribution is -2.33. The van der Waals surface area contributed by atoms with Crippen LogP contribution in [-0.4, -0.2) is 107 Å². The molecular weight excluding hydrogens is 712 g/mol. The Labute approximate surface area is 328 Å². The molecule has 13 heteroatoms. The van der Waals surface area contributed by atoms with E-state index in [4.69, 9.17) is 33.2 Å². The Morgan fingerprint density at radius 1 is 0.509 bits per heavy atom. The topological polar surface area (TPSA) is 173 Å². The Morgan fingerprint density at radius 2 is 0.855 bits per heavy atom. The number of aliphatic hydroxyl groups excluding tert-OH is 1. The number of hydrogen-bond donors (Lipinski definition) is 2. The quantitative estimate of drug-likeness (QED) is 0.0979. The lowest BCUT2D eigenvalue weighted by atomic mass is 10.00. The second-order valence-electron chi connectivity index (χ2n) is 17.0. The van der Waals surface area contributed by atoms with Crippen molar-refractivity contribution in [2.75, 3.05) is 0 Å². The van der Waals surface area contributed by atoms with E-state index >= 15 is 0 Å². The molecule has 4 saturated heterocycles. The average molecular weight is 783 g/mol. The number of aliphatic carboxylic acids is 1. The predicted octanol–water partition coefficient (Wildman–Crippen LogP) is 6.32. The van der Waals surface area contributed by atoms with Crippen molar-refractivity contribution in [1.82, 2.24) is 0 Å². The lowest BCUT2D eigenvalue weighted by Gasteiger charge is -2.26. The molecule has 16 atom stereocenters. The van der Waals surface area contributed by atoms with Crippen molar-refractivity contribution < 1.29 is 62.5 Å². The van der Waals surface area contributed by atoms with E-state index in [9.17, 15) is 29.4 Å². The molecule has 0 aliphatic carbocycles. The molecule has 0 aromatic carbocycles. The molecule has 0 saturated carbocycles. The zero-order chi connectivity index (χ0) is 40.4. The van der Waals surface area contributed by atoms with Gasteiger partial charge in [0.2, 0.25) is 0 Å². The van der Waals surface area contributed by atoms with Crippen LogP contribution in [0.1, 0.15) is 145 Å². The molecule has 0 amide bonds. The van der Waals surface area contributed by atoms with E-state index in [-0.39, 0.29) is 91.2 Å². The van der Waals surface area contributed by atoms with Gasteiger partial charge in [0, 0.05) is 19.3 Å². The third kappa shape index (κ3) is 13.4. The molecule has 4 heterocycles. The van der Waals surface area contributed by atoms with Crippen LogP contribution < -0.4 is 0 Å². The van der Waals surface area contributed by atoms with Gasteiger partial charge in [-0.2, -0.15) is 0 Å². The zero-order valence-corrected chi connectivity index (χ0v) is 34.5. The molecule has 0 radical (unpaired) electrons. The molecule has 0 spiro atoms. The van der Waals surface area contributed by atoms with Crippen molar-refractivity contribution >= 4 is 23.9 Å². The number of carboxylic acid groups (broad SMARTS) is 1.